The molecule has 0 amide bonds. The lowest BCUT2D eigenvalue weighted by Crippen LogP contribution is -2.34. The first kappa shape index (κ1) is 11.9. The van der Waals surface area contributed by atoms with Crippen LogP contribution in [0, 0.1) is 0 Å². The molecule has 0 aromatic heterocycles. The molecule has 0 saturated heterocycles. The maximum Gasteiger partial charge on any atom is 0.323 e. The van der Waals surface area contributed by atoms with Crippen LogP contribution >= 0.6 is 0 Å². The van der Waals surface area contributed by atoms with E-state index in [1.807, 2.05) is 12.1 Å². The van der Waals surface area contributed by atoms with Crippen molar-refractivity contribution in [2.24, 2.45) is 5.73 Å². The van der Waals surface area contributed by atoms with Crippen molar-refractivity contribution in [3.05, 3.63) is 29.3 Å². The number of hydrogen-bond acceptors (Lipinski definition) is 4. The number of hydrogen-bond donors (Lipinski definition) is 1. The van der Waals surface area contributed by atoms with Crippen molar-refractivity contribution in [2.75, 3.05) is 13.2 Å². The number of benzene rings is 1. The second kappa shape index (κ2) is 5.19. The van der Waals surface area contributed by atoms with Gasteiger partial charge in [-0.05, 0) is 30.5 Å². The maximum atomic E-state index is 11.4. The third-order valence-electron chi connectivity index (χ3n) is 2.80. The summed E-state index contributed by atoms with van der Waals surface area (Å²) >= 11 is 0. The number of fused-ring (bicyclic) bond motifs is 1. The second-order valence-electron chi connectivity index (χ2n) is 4.10. The molecule has 92 valence electrons. The number of carbonyl (C=O) groups excluding carboxylic acids is 1. The van der Waals surface area contributed by atoms with E-state index >= 15 is 0 Å². The van der Waals surface area contributed by atoms with Gasteiger partial charge < -0.3 is 15.2 Å². The van der Waals surface area contributed by atoms with Gasteiger partial charge in [-0.3, -0.25) is 4.79 Å². The van der Waals surface area contributed by atoms with Crippen LogP contribution in [0.15, 0.2) is 18.2 Å². The minimum Gasteiger partial charge on any atom is -0.493 e. The molecule has 1 aliphatic rings. The van der Waals surface area contributed by atoms with Crippen molar-refractivity contribution in [1.29, 1.82) is 0 Å². The van der Waals surface area contributed by atoms with Crippen LogP contribution in [0.25, 0.3) is 0 Å². The highest BCUT2D eigenvalue weighted by molar-refractivity contribution is 5.75. The molecule has 0 radical (unpaired) electrons. The third kappa shape index (κ3) is 2.77. The quantitative estimate of drug-likeness (QED) is 0.792. The zero-order valence-corrected chi connectivity index (χ0v) is 9.94. The Morgan fingerprint density at radius 1 is 1.59 bits per heavy atom. The van der Waals surface area contributed by atoms with E-state index in [4.69, 9.17) is 15.2 Å². The van der Waals surface area contributed by atoms with Crippen molar-refractivity contribution in [2.45, 2.75) is 25.8 Å². The summed E-state index contributed by atoms with van der Waals surface area (Å²) in [6, 6.07) is 5.36. The summed E-state index contributed by atoms with van der Waals surface area (Å²) in [6.07, 6.45) is 1.43. The van der Waals surface area contributed by atoms with Gasteiger partial charge in [-0.15, -0.1) is 0 Å². The average molecular weight is 235 g/mol. The van der Waals surface area contributed by atoms with Crippen molar-refractivity contribution in [1.82, 2.24) is 0 Å². The summed E-state index contributed by atoms with van der Waals surface area (Å²) in [5.74, 6) is 0.600. The van der Waals surface area contributed by atoms with Crippen LogP contribution < -0.4 is 10.5 Å². The van der Waals surface area contributed by atoms with Gasteiger partial charge in [0.15, 0.2) is 0 Å². The zero-order chi connectivity index (χ0) is 12.3. The Labute approximate surface area is 101 Å². The average Bonchev–Trinajstić information content (AvgIpc) is 2.76. The van der Waals surface area contributed by atoms with Crippen LogP contribution in [0.2, 0.25) is 0 Å². The Balaban J connectivity index is 2.01. The van der Waals surface area contributed by atoms with Gasteiger partial charge in [0.2, 0.25) is 0 Å². The molecule has 0 spiro atoms. The van der Waals surface area contributed by atoms with Gasteiger partial charge in [0.1, 0.15) is 11.8 Å². The van der Waals surface area contributed by atoms with Gasteiger partial charge >= 0.3 is 5.97 Å². The predicted molar refractivity (Wildman–Crippen MR) is 64.0 cm³/mol. The van der Waals surface area contributed by atoms with Gasteiger partial charge in [-0.2, -0.15) is 0 Å². The first-order valence-electron chi connectivity index (χ1n) is 5.87. The van der Waals surface area contributed by atoms with Gasteiger partial charge in [0.05, 0.1) is 13.2 Å². The summed E-state index contributed by atoms with van der Waals surface area (Å²) in [6.45, 7) is 2.88. The van der Waals surface area contributed by atoms with Crippen LogP contribution in [0.3, 0.4) is 0 Å². The number of nitrogens with two attached hydrogens (primary N) is 1. The highest BCUT2D eigenvalue weighted by Crippen LogP contribution is 2.26. The lowest BCUT2D eigenvalue weighted by Gasteiger charge is -2.11. The van der Waals surface area contributed by atoms with Crippen molar-refractivity contribution in [3.8, 4) is 5.75 Å². The zero-order valence-electron chi connectivity index (χ0n) is 9.94. The molecule has 0 saturated carbocycles. The van der Waals surface area contributed by atoms with Crippen molar-refractivity contribution in [3.63, 3.8) is 0 Å². The largest absolute Gasteiger partial charge is 0.493 e. The molecule has 1 aliphatic heterocycles. The fourth-order valence-electron chi connectivity index (χ4n) is 1.95. The Bertz CT molecular complexity index is 417. The number of carbonyl (C=O) groups is 1. The molecular formula is C13H17NO3. The van der Waals surface area contributed by atoms with Crippen LogP contribution in [-0.4, -0.2) is 25.2 Å². The highest BCUT2D eigenvalue weighted by Gasteiger charge is 2.17. The molecule has 0 bridgehead atoms. The smallest absolute Gasteiger partial charge is 0.323 e. The normalized spacial score (nSPS) is 14.9. The first-order chi connectivity index (χ1) is 8.20. The molecule has 1 heterocycles. The molecule has 0 fully saturated rings. The number of rotatable bonds is 4. The van der Waals surface area contributed by atoms with E-state index in [2.05, 4.69) is 6.07 Å². The topological polar surface area (TPSA) is 61.5 Å². The van der Waals surface area contributed by atoms with Crippen LogP contribution in [0.4, 0.5) is 0 Å². The standard InChI is InChI=1S/C13H17NO3/c1-2-16-13(15)11(14)8-9-3-4-12-10(7-9)5-6-17-12/h3-4,7,11H,2,5-6,8,14H2,1H3. The van der Waals surface area contributed by atoms with Crippen LogP contribution in [0.5, 0.6) is 5.75 Å². The van der Waals surface area contributed by atoms with E-state index in [-0.39, 0.29) is 5.97 Å². The molecular weight excluding hydrogens is 218 g/mol. The number of ether oxygens (including phenoxy) is 2. The van der Waals surface area contributed by atoms with Gasteiger partial charge in [0.25, 0.3) is 0 Å². The van der Waals surface area contributed by atoms with E-state index in [1.54, 1.807) is 6.92 Å². The summed E-state index contributed by atoms with van der Waals surface area (Å²) < 4.78 is 10.3. The number of esters is 1. The molecule has 1 aromatic rings. The van der Waals surface area contributed by atoms with Gasteiger partial charge in [-0.25, -0.2) is 0 Å². The monoisotopic (exact) mass is 235 g/mol. The van der Waals surface area contributed by atoms with Crippen molar-refractivity contribution >= 4 is 5.97 Å². The lowest BCUT2D eigenvalue weighted by atomic mass is 10.0. The van der Waals surface area contributed by atoms with Crippen LogP contribution in [0.1, 0.15) is 18.1 Å². The molecule has 0 aliphatic carbocycles. The summed E-state index contributed by atoms with van der Waals surface area (Å²) in [7, 11) is 0. The molecule has 17 heavy (non-hydrogen) atoms. The Kier molecular flexibility index (Phi) is 3.64. The molecule has 1 atom stereocenters. The summed E-state index contributed by atoms with van der Waals surface area (Å²) in [4.78, 5) is 11.4. The molecule has 2 N–H and O–H groups in total. The third-order valence-corrected chi connectivity index (χ3v) is 2.80. The van der Waals surface area contributed by atoms with E-state index in [0.29, 0.717) is 13.0 Å². The van der Waals surface area contributed by atoms with Crippen molar-refractivity contribution < 1.29 is 14.3 Å². The van der Waals surface area contributed by atoms with Gasteiger partial charge in [-0.1, -0.05) is 12.1 Å². The van der Waals surface area contributed by atoms with Crippen LogP contribution in [-0.2, 0) is 22.4 Å². The molecule has 4 nitrogen and oxygen atoms in total. The molecule has 4 heteroatoms. The minimum absolute atomic E-state index is 0.343. The fraction of sp³-hybridized carbons (Fsp3) is 0.462. The Hall–Kier alpha value is -1.55. The minimum atomic E-state index is -0.588. The summed E-state index contributed by atoms with van der Waals surface area (Å²) in [5, 5.41) is 0. The predicted octanol–water partition coefficient (Wildman–Crippen LogP) is 1.05. The van der Waals surface area contributed by atoms with Gasteiger partial charge in [0, 0.05) is 6.42 Å². The Morgan fingerprint density at radius 2 is 2.41 bits per heavy atom. The second-order valence-corrected chi connectivity index (χ2v) is 4.10. The Morgan fingerprint density at radius 3 is 3.18 bits per heavy atom. The first-order valence-corrected chi connectivity index (χ1v) is 5.87. The lowest BCUT2D eigenvalue weighted by molar-refractivity contribution is -0.144. The fourth-order valence-corrected chi connectivity index (χ4v) is 1.95. The SMILES string of the molecule is CCOC(=O)C(N)Cc1ccc2c(c1)CCO2. The molecule has 1 unspecified atom stereocenters. The molecule has 2 rings (SSSR count). The van der Waals surface area contributed by atoms with E-state index in [1.165, 1.54) is 5.56 Å². The van der Waals surface area contributed by atoms with E-state index in [0.717, 1.165) is 24.3 Å². The maximum absolute atomic E-state index is 11.4. The highest BCUT2D eigenvalue weighted by atomic mass is 16.5. The summed E-state index contributed by atoms with van der Waals surface area (Å²) in [5.41, 5.74) is 8.02. The molecule has 1 aromatic carbocycles. The van der Waals surface area contributed by atoms with E-state index in [9.17, 15) is 4.79 Å². The van der Waals surface area contributed by atoms with E-state index < -0.39 is 6.04 Å².